The molecular formula is C13H22O2. The quantitative estimate of drug-likeness (QED) is 0.803. The van der Waals surface area contributed by atoms with E-state index in [-0.39, 0.29) is 18.6 Å². The van der Waals surface area contributed by atoms with Crippen LogP contribution >= 0.6 is 0 Å². The van der Waals surface area contributed by atoms with Gasteiger partial charge in [-0.3, -0.25) is 0 Å². The molecule has 0 heterocycles. The van der Waals surface area contributed by atoms with Gasteiger partial charge >= 0.3 is 0 Å². The Morgan fingerprint density at radius 2 is 1.53 bits per heavy atom. The van der Waals surface area contributed by atoms with Crippen molar-refractivity contribution in [1.82, 2.24) is 0 Å². The largest absolute Gasteiger partial charge is 0.397 e. The van der Waals surface area contributed by atoms with Gasteiger partial charge in [-0.2, -0.15) is 0 Å². The fraction of sp³-hybridized carbons (Fsp3) is 0.538. The molecule has 0 bridgehead atoms. The fourth-order valence-electron chi connectivity index (χ4n) is 1.20. The highest BCUT2D eigenvalue weighted by molar-refractivity contribution is 5.16. The van der Waals surface area contributed by atoms with Crippen molar-refractivity contribution in [2.75, 3.05) is 13.2 Å². The summed E-state index contributed by atoms with van der Waals surface area (Å²) in [5.41, 5.74) is 1.29. The highest BCUT2D eigenvalue weighted by atomic mass is 16.3. The average molecular weight is 210 g/mol. The van der Waals surface area contributed by atoms with Gasteiger partial charge in [-0.05, 0) is 24.3 Å². The summed E-state index contributed by atoms with van der Waals surface area (Å²) in [6.07, 6.45) is 0.935. The van der Waals surface area contributed by atoms with Crippen LogP contribution in [0.1, 0.15) is 26.3 Å². The summed E-state index contributed by atoms with van der Waals surface area (Å²) in [6.45, 7) is 6.31. The number of hydrogen-bond acceptors (Lipinski definition) is 2. The monoisotopic (exact) mass is 210 g/mol. The molecular weight excluding hydrogens is 188 g/mol. The van der Waals surface area contributed by atoms with Crippen molar-refractivity contribution in [1.29, 1.82) is 0 Å². The molecule has 0 amide bonds. The van der Waals surface area contributed by atoms with E-state index in [9.17, 15) is 0 Å². The molecule has 2 nitrogen and oxygen atoms in total. The van der Waals surface area contributed by atoms with Crippen LogP contribution in [0.2, 0.25) is 0 Å². The first-order valence-electron chi connectivity index (χ1n) is 5.31. The van der Waals surface area contributed by atoms with Crippen molar-refractivity contribution in [2.45, 2.75) is 27.2 Å². The SMILES string of the molecule is CC(C)(CO)Cc1ccccc1.CCO. The van der Waals surface area contributed by atoms with E-state index >= 15 is 0 Å². The molecule has 1 aromatic rings. The Balaban J connectivity index is 0.000000583. The molecule has 0 aliphatic carbocycles. The van der Waals surface area contributed by atoms with Gasteiger partial charge in [-0.25, -0.2) is 0 Å². The summed E-state index contributed by atoms with van der Waals surface area (Å²) in [4.78, 5) is 0. The van der Waals surface area contributed by atoms with E-state index in [0.29, 0.717) is 0 Å². The van der Waals surface area contributed by atoms with Crippen LogP contribution in [0.3, 0.4) is 0 Å². The third-order valence-electron chi connectivity index (χ3n) is 1.95. The number of aliphatic hydroxyl groups excluding tert-OH is 2. The first-order chi connectivity index (χ1) is 7.05. The lowest BCUT2D eigenvalue weighted by atomic mass is 9.87. The third kappa shape index (κ3) is 7.11. The smallest absolute Gasteiger partial charge is 0.0485 e. The van der Waals surface area contributed by atoms with E-state index < -0.39 is 0 Å². The van der Waals surface area contributed by atoms with Crippen molar-refractivity contribution in [3.63, 3.8) is 0 Å². The topological polar surface area (TPSA) is 40.5 Å². The zero-order valence-electron chi connectivity index (χ0n) is 9.90. The fourth-order valence-corrected chi connectivity index (χ4v) is 1.20. The Labute approximate surface area is 92.6 Å². The summed E-state index contributed by atoms with van der Waals surface area (Å²) in [6, 6.07) is 10.3. The van der Waals surface area contributed by atoms with E-state index in [1.54, 1.807) is 6.92 Å². The van der Waals surface area contributed by atoms with Crippen molar-refractivity contribution in [3.05, 3.63) is 35.9 Å². The summed E-state index contributed by atoms with van der Waals surface area (Å²) >= 11 is 0. The van der Waals surface area contributed by atoms with Gasteiger partial charge < -0.3 is 10.2 Å². The maximum atomic E-state index is 9.06. The Morgan fingerprint density at radius 1 is 1.07 bits per heavy atom. The normalized spacial score (nSPS) is 10.5. The number of benzene rings is 1. The number of hydrogen-bond donors (Lipinski definition) is 2. The molecule has 15 heavy (non-hydrogen) atoms. The molecule has 0 aromatic heterocycles. The molecule has 2 heteroatoms. The molecule has 0 radical (unpaired) electrons. The first-order valence-corrected chi connectivity index (χ1v) is 5.31. The van der Waals surface area contributed by atoms with Crippen molar-refractivity contribution < 1.29 is 10.2 Å². The summed E-state index contributed by atoms with van der Waals surface area (Å²) in [7, 11) is 0. The summed E-state index contributed by atoms with van der Waals surface area (Å²) in [5.74, 6) is 0. The minimum Gasteiger partial charge on any atom is -0.397 e. The van der Waals surface area contributed by atoms with Crippen molar-refractivity contribution in [3.8, 4) is 0 Å². The molecule has 0 aliphatic heterocycles. The Morgan fingerprint density at radius 3 is 1.93 bits per heavy atom. The van der Waals surface area contributed by atoms with Gasteiger partial charge in [0.25, 0.3) is 0 Å². The van der Waals surface area contributed by atoms with Crippen LogP contribution in [0.15, 0.2) is 30.3 Å². The van der Waals surface area contributed by atoms with Gasteiger partial charge in [-0.15, -0.1) is 0 Å². The van der Waals surface area contributed by atoms with Gasteiger partial charge in [0.2, 0.25) is 0 Å². The molecule has 1 rings (SSSR count). The molecule has 0 aliphatic rings. The lowest BCUT2D eigenvalue weighted by Gasteiger charge is -2.21. The molecule has 1 aromatic carbocycles. The molecule has 86 valence electrons. The maximum absolute atomic E-state index is 9.06. The van der Waals surface area contributed by atoms with E-state index in [4.69, 9.17) is 10.2 Å². The van der Waals surface area contributed by atoms with Gasteiger partial charge in [0, 0.05) is 13.2 Å². The number of rotatable bonds is 3. The van der Waals surface area contributed by atoms with Gasteiger partial charge in [0.05, 0.1) is 0 Å². The Kier molecular flexibility index (Phi) is 7.01. The molecule has 0 saturated carbocycles. The predicted octanol–water partition coefficient (Wildman–Crippen LogP) is 2.25. The summed E-state index contributed by atoms with van der Waals surface area (Å²) in [5, 5.41) is 16.6. The minimum atomic E-state index is 0.00134. The second-order valence-electron chi connectivity index (χ2n) is 4.30. The Bertz CT molecular complexity index is 242. The van der Waals surface area contributed by atoms with E-state index in [0.717, 1.165) is 6.42 Å². The van der Waals surface area contributed by atoms with Crippen LogP contribution in [0.5, 0.6) is 0 Å². The van der Waals surface area contributed by atoms with Crippen LogP contribution in [-0.2, 0) is 6.42 Å². The number of aliphatic hydroxyl groups is 2. The predicted molar refractivity (Wildman–Crippen MR) is 63.8 cm³/mol. The van der Waals surface area contributed by atoms with Crippen LogP contribution in [-0.4, -0.2) is 23.4 Å². The second kappa shape index (κ2) is 7.43. The first kappa shape index (κ1) is 14.1. The lowest BCUT2D eigenvalue weighted by Crippen LogP contribution is -2.19. The van der Waals surface area contributed by atoms with Crippen LogP contribution < -0.4 is 0 Å². The zero-order valence-corrected chi connectivity index (χ0v) is 9.90. The Hall–Kier alpha value is -0.860. The van der Waals surface area contributed by atoms with E-state index in [1.165, 1.54) is 5.56 Å². The van der Waals surface area contributed by atoms with E-state index in [2.05, 4.69) is 26.0 Å². The molecule has 0 spiro atoms. The molecule has 2 N–H and O–H groups in total. The standard InChI is InChI=1S/C11H16O.C2H6O/c1-11(2,9-12)8-10-6-4-3-5-7-10;1-2-3/h3-7,12H,8-9H2,1-2H3;3H,2H2,1H3. The molecule has 0 saturated heterocycles. The van der Waals surface area contributed by atoms with Gasteiger partial charge in [-0.1, -0.05) is 44.2 Å². The van der Waals surface area contributed by atoms with Crippen LogP contribution in [0, 0.1) is 5.41 Å². The minimum absolute atomic E-state index is 0.00134. The van der Waals surface area contributed by atoms with Crippen LogP contribution in [0.25, 0.3) is 0 Å². The maximum Gasteiger partial charge on any atom is 0.0485 e. The molecule has 0 fully saturated rings. The third-order valence-corrected chi connectivity index (χ3v) is 1.95. The highest BCUT2D eigenvalue weighted by Gasteiger charge is 2.16. The zero-order chi connectivity index (χ0) is 11.7. The lowest BCUT2D eigenvalue weighted by molar-refractivity contribution is 0.159. The average Bonchev–Trinajstić information content (AvgIpc) is 2.20. The van der Waals surface area contributed by atoms with E-state index in [1.807, 2.05) is 18.2 Å². The second-order valence-corrected chi connectivity index (χ2v) is 4.30. The van der Waals surface area contributed by atoms with Gasteiger partial charge in [0.15, 0.2) is 0 Å². The highest BCUT2D eigenvalue weighted by Crippen LogP contribution is 2.20. The van der Waals surface area contributed by atoms with Gasteiger partial charge in [0.1, 0.15) is 0 Å². The molecule has 0 unspecified atom stereocenters. The van der Waals surface area contributed by atoms with Crippen molar-refractivity contribution in [2.24, 2.45) is 5.41 Å². The summed E-state index contributed by atoms with van der Waals surface area (Å²) < 4.78 is 0. The van der Waals surface area contributed by atoms with Crippen molar-refractivity contribution >= 4 is 0 Å². The van der Waals surface area contributed by atoms with Crippen LogP contribution in [0.4, 0.5) is 0 Å². The molecule has 0 atom stereocenters.